The first-order valence-corrected chi connectivity index (χ1v) is 3.84. The monoisotopic (exact) mass is 128 g/mol. The van der Waals surface area contributed by atoms with Gasteiger partial charge in [0, 0.05) is 12.8 Å². The molecule has 0 bridgehead atoms. The van der Waals surface area contributed by atoms with Crippen LogP contribution in [0.15, 0.2) is 0 Å². The van der Waals surface area contributed by atoms with Gasteiger partial charge in [-0.1, -0.05) is 0 Å². The van der Waals surface area contributed by atoms with E-state index in [9.17, 15) is 0 Å². The fourth-order valence-corrected chi connectivity index (χ4v) is 1.94. The van der Waals surface area contributed by atoms with Crippen molar-refractivity contribution in [2.24, 2.45) is 0 Å². The topological polar surface area (TPSA) is 9.23 Å². The fourth-order valence-electron chi connectivity index (χ4n) is 1.94. The number of nitrogens with zero attached hydrogens (tertiary/aromatic N) is 1. The summed E-state index contributed by atoms with van der Waals surface area (Å²) in [6, 6.07) is 0. The third kappa shape index (κ3) is 0.864. The number of quaternary nitrogens is 1. The predicted octanol–water partition coefficient (Wildman–Crippen LogP) is 0.585. The highest BCUT2D eigenvalue weighted by molar-refractivity contribution is 4.55. The average Bonchev–Trinajstić information content (AvgIpc) is 2.45. The second-order valence-corrected chi connectivity index (χ2v) is 3.26. The maximum atomic E-state index is 5.35. The summed E-state index contributed by atoms with van der Waals surface area (Å²) in [5.74, 6) is 0. The minimum absolute atomic E-state index is 1.00. The molecular formula is C7H14NO+. The molecule has 0 atom stereocenters. The molecule has 0 aromatic carbocycles. The van der Waals surface area contributed by atoms with Crippen LogP contribution in [0.4, 0.5) is 0 Å². The van der Waals surface area contributed by atoms with Crippen LogP contribution in [0.3, 0.4) is 0 Å². The van der Waals surface area contributed by atoms with Crippen LogP contribution < -0.4 is 0 Å². The van der Waals surface area contributed by atoms with Gasteiger partial charge in [-0.15, -0.1) is 0 Å². The molecular weight excluding hydrogens is 114 g/mol. The van der Waals surface area contributed by atoms with E-state index in [0.717, 1.165) is 13.3 Å². The number of hydrogen-bond donors (Lipinski definition) is 0. The second kappa shape index (κ2) is 1.96. The van der Waals surface area contributed by atoms with Gasteiger partial charge in [-0.05, 0) is 0 Å². The van der Waals surface area contributed by atoms with E-state index in [0.29, 0.717) is 0 Å². The summed E-state index contributed by atoms with van der Waals surface area (Å²) in [5, 5.41) is 0. The Morgan fingerprint density at radius 3 is 2.33 bits per heavy atom. The third-order valence-electron chi connectivity index (χ3n) is 2.59. The Labute approximate surface area is 56.0 Å². The van der Waals surface area contributed by atoms with E-state index in [1.54, 1.807) is 0 Å². The second-order valence-electron chi connectivity index (χ2n) is 3.26. The molecule has 0 aromatic heterocycles. The molecule has 9 heavy (non-hydrogen) atoms. The number of hydrogen-bond acceptors (Lipinski definition) is 1. The SMILES string of the molecule is C1CC[N+]2(C1)CCOC2. The van der Waals surface area contributed by atoms with E-state index in [2.05, 4.69) is 0 Å². The highest BCUT2D eigenvalue weighted by atomic mass is 16.5. The highest BCUT2D eigenvalue weighted by Crippen LogP contribution is 2.22. The Morgan fingerprint density at radius 1 is 1.00 bits per heavy atom. The first-order valence-electron chi connectivity index (χ1n) is 3.84. The number of rotatable bonds is 0. The summed E-state index contributed by atoms with van der Waals surface area (Å²) in [6.45, 7) is 6.03. The van der Waals surface area contributed by atoms with Crippen molar-refractivity contribution >= 4 is 0 Å². The summed E-state index contributed by atoms with van der Waals surface area (Å²) in [4.78, 5) is 0. The minimum atomic E-state index is 1.00. The molecule has 0 radical (unpaired) electrons. The Bertz CT molecular complexity index is 84.0. The van der Waals surface area contributed by atoms with E-state index in [4.69, 9.17) is 4.74 Å². The third-order valence-corrected chi connectivity index (χ3v) is 2.59. The van der Waals surface area contributed by atoms with Crippen LogP contribution in [0.5, 0.6) is 0 Å². The lowest BCUT2D eigenvalue weighted by Gasteiger charge is -2.25. The van der Waals surface area contributed by atoms with Crippen molar-refractivity contribution in [3.8, 4) is 0 Å². The smallest absolute Gasteiger partial charge is 0.183 e. The largest absolute Gasteiger partial charge is 0.326 e. The van der Waals surface area contributed by atoms with Gasteiger partial charge in [0.05, 0.1) is 13.1 Å². The van der Waals surface area contributed by atoms with Crippen LogP contribution >= 0.6 is 0 Å². The van der Waals surface area contributed by atoms with Gasteiger partial charge in [0.15, 0.2) is 6.73 Å². The van der Waals surface area contributed by atoms with Gasteiger partial charge < -0.3 is 4.74 Å². The van der Waals surface area contributed by atoms with Crippen LogP contribution in [0.1, 0.15) is 12.8 Å². The van der Waals surface area contributed by atoms with Crippen molar-refractivity contribution < 1.29 is 9.22 Å². The molecule has 2 heterocycles. The molecule has 2 aliphatic heterocycles. The van der Waals surface area contributed by atoms with E-state index >= 15 is 0 Å². The normalized spacial score (nSPS) is 32.0. The molecule has 0 unspecified atom stereocenters. The van der Waals surface area contributed by atoms with E-state index < -0.39 is 0 Å². The first kappa shape index (κ1) is 5.69. The Morgan fingerprint density at radius 2 is 1.78 bits per heavy atom. The summed E-state index contributed by atoms with van der Waals surface area (Å²) < 4.78 is 6.63. The van der Waals surface area contributed by atoms with Crippen LogP contribution in [-0.4, -0.2) is 37.5 Å². The van der Waals surface area contributed by atoms with E-state index in [1.807, 2.05) is 0 Å². The van der Waals surface area contributed by atoms with Crippen molar-refractivity contribution in [3.63, 3.8) is 0 Å². The van der Waals surface area contributed by atoms with E-state index in [-0.39, 0.29) is 0 Å². The van der Waals surface area contributed by atoms with Crippen molar-refractivity contribution in [2.45, 2.75) is 12.8 Å². The van der Waals surface area contributed by atoms with Gasteiger partial charge >= 0.3 is 0 Å². The molecule has 2 aliphatic rings. The van der Waals surface area contributed by atoms with Crippen molar-refractivity contribution in [2.75, 3.05) is 33.0 Å². The summed E-state index contributed by atoms with van der Waals surface area (Å²) in [5.41, 5.74) is 0. The molecule has 1 spiro atoms. The van der Waals surface area contributed by atoms with Gasteiger partial charge in [-0.25, -0.2) is 0 Å². The van der Waals surface area contributed by atoms with E-state index in [1.165, 1.54) is 37.0 Å². The molecule has 2 rings (SSSR count). The van der Waals surface area contributed by atoms with Crippen molar-refractivity contribution in [1.29, 1.82) is 0 Å². The fraction of sp³-hybridized carbons (Fsp3) is 1.00. The Balaban J connectivity index is 2.04. The maximum absolute atomic E-state index is 5.35. The molecule has 0 aliphatic carbocycles. The van der Waals surface area contributed by atoms with Gasteiger partial charge in [0.1, 0.15) is 13.2 Å². The summed E-state index contributed by atoms with van der Waals surface area (Å²) in [6.07, 6.45) is 2.84. The van der Waals surface area contributed by atoms with Crippen LogP contribution in [0.25, 0.3) is 0 Å². The summed E-state index contributed by atoms with van der Waals surface area (Å²) in [7, 11) is 0. The van der Waals surface area contributed by atoms with Crippen LogP contribution in [0, 0.1) is 0 Å². The van der Waals surface area contributed by atoms with Crippen molar-refractivity contribution in [1.82, 2.24) is 0 Å². The summed E-state index contributed by atoms with van der Waals surface area (Å²) >= 11 is 0. The lowest BCUT2D eigenvalue weighted by Crippen LogP contribution is -2.42. The zero-order chi connectivity index (χ0) is 6.16. The first-order chi connectivity index (χ1) is 4.41. The quantitative estimate of drug-likeness (QED) is 0.434. The molecule has 2 saturated heterocycles. The molecule has 0 aromatic rings. The molecule has 52 valence electrons. The van der Waals surface area contributed by atoms with Gasteiger partial charge in [-0.2, -0.15) is 0 Å². The standard InChI is InChI=1S/C7H14NO/c1-2-4-8(3-1)5-6-9-7-8/h1-7H2/q+1. The lowest BCUT2D eigenvalue weighted by molar-refractivity contribution is -0.913. The Hall–Kier alpha value is -0.0800. The van der Waals surface area contributed by atoms with Crippen LogP contribution in [-0.2, 0) is 4.74 Å². The molecule has 0 saturated carbocycles. The van der Waals surface area contributed by atoms with Gasteiger partial charge in [-0.3, -0.25) is 4.48 Å². The van der Waals surface area contributed by atoms with Crippen LogP contribution in [0.2, 0.25) is 0 Å². The molecule has 2 nitrogen and oxygen atoms in total. The average molecular weight is 128 g/mol. The minimum Gasteiger partial charge on any atom is -0.326 e. The molecule has 0 amide bonds. The predicted molar refractivity (Wildman–Crippen MR) is 34.9 cm³/mol. The Kier molecular flexibility index (Phi) is 1.24. The molecule has 0 N–H and O–H groups in total. The number of ether oxygens (including phenoxy) is 1. The van der Waals surface area contributed by atoms with Gasteiger partial charge in [0.2, 0.25) is 0 Å². The van der Waals surface area contributed by atoms with Gasteiger partial charge in [0.25, 0.3) is 0 Å². The lowest BCUT2D eigenvalue weighted by atomic mass is 10.4. The zero-order valence-corrected chi connectivity index (χ0v) is 5.81. The zero-order valence-electron chi connectivity index (χ0n) is 5.81. The maximum Gasteiger partial charge on any atom is 0.183 e. The van der Waals surface area contributed by atoms with Crippen molar-refractivity contribution in [3.05, 3.63) is 0 Å². The molecule has 2 fully saturated rings. The molecule has 2 heteroatoms. The highest BCUT2D eigenvalue weighted by Gasteiger charge is 2.35.